The van der Waals surface area contributed by atoms with Gasteiger partial charge < -0.3 is 13.9 Å². The molecule has 1 N–H and O–H groups in total. The number of aliphatic hydroxyl groups is 1. The summed E-state index contributed by atoms with van der Waals surface area (Å²) in [6.45, 7) is 14.6. The van der Waals surface area contributed by atoms with Crippen LogP contribution in [0.15, 0.2) is 22.8 Å². The van der Waals surface area contributed by atoms with Gasteiger partial charge in [-0.15, -0.1) is 0 Å². The van der Waals surface area contributed by atoms with E-state index in [1.165, 1.54) is 6.26 Å². The standard InChI is InChI=1S/C13H23O3Si/c1-10(12(14)11-8-7-9-15-11)16-17(5,6)13(2,3)4/h7-10,12,14H,1H2,2-6H3/q+1/t10-,12-/m0/s1. The molecule has 0 aliphatic heterocycles. The van der Waals surface area contributed by atoms with Gasteiger partial charge in [-0.2, -0.15) is 0 Å². The SMILES string of the molecule is [CH2+][C@H](O[Si](C)(C)C(C)(C)C)[C@H](O)c1ccco1. The van der Waals surface area contributed by atoms with E-state index in [0.717, 1.165) is 0 Å². The van der Waals surface area contributed by atoms with Crippen molar-refractivity contribution in [1.29, 1.82) is 0 Å². The Morgan fingerprint density at radius 2 is 2.00 bits per heavy atom. The Balaban J connectivity index is 2.70. The number of furan rings is 1. The predicted octanol–water partition coefficient (Wildman–Crippen LogP) is 3.54. The number of rotatable bonds is 4. The molecule has 96 valence electrons. The van der Waals surface area contributed by atoms with Crippen molar-refractivity contribution in [2.24, 2.45) is 0 Å². The third-order valence-electron chi connectivity index (χ3n) is 3.44. The van der Waals surface area contributed by atoms with E-state index in [9.17, 15) is 5.11 Å². The van der Waals surface area contributed by atoms with Crippen LogP contribution in [-0.2, 0) is 4.43 Å². The van der Waals surface area contributed by atoms with Crippen LogP contribution in [0.25, 0.3) is 0 Å². The molecule has 1 aromatic rings. The largest absolute Gasteiger partial charge is 0.466 e. The number of aliphatic hydroxyl groups excluding tert-OH is 1. The van der Waals surface area contributed by atoms with E-state index in [1.54, 1.807) is 12.1 Å². The molecule has 0 saturated heterocycles. The van der Waals surface area contributed by atoms with Crippen molar-refractivity contribution in [3.63, 3.8) is 0 Å². The molecule has 4 heteroatoms. The highest BCUT2D eigenvalue weighted by Crippen LogP contribution is 2.38. The van der Waals surface area contributed by atoms with Crippen molar-refractivity contribution in [2.75, 3.05) is 0 Å². The second-order valence-corrected chi connectivity index (χ2v) is 10.6. The fraction of sp³-hybridized carbons (Fsp3) is 0.615. The summed E-state index contributed by atoms with van der Waals surface area (Å²) in [6, 6.07) is 3.48. The lowest BCUT2D eigenvalue weighted by atomic mass is 10.2. The van der Waals surface area contributed by atoms with Crippen molar-refractivity contribution in [3.8, 4) is 0 Å². The van der Waals surface area contributed by atoms with Crippen LogP contribution in [0.4, 0.5) is 0 Å². The van der Waals surface area contributed by atoms with Gasteiger partial charge in [0.2, 0.25) is 6.10 Å². The molecular formula is C13H23O3Si+. The summed E-state index contributed by atoms with van der Waals surface area (Å²) in [5.74, 6) is 0.503. The van der Waals surface area contributed by atoms with Crippen molar-refractivity contribution in [1.82, 2.24) is 0 Å². The molecule has 0 unspecified atom stereocenters. The Hall–Kier alpha value is -0.713. The molecule has 0 aliphatic carbocycles. The van der Waals surface area contributed by atoms with Gasteiger partial charge in [0, 0.05) is 0 Å². The lowest BCUT2D eigenvalue weighted by molar-refractivity contribution is 0.0384. The lowest BCUT2D eigenvalue weighted by Gasteiger charge is -2.37. The molecule has 0 spiro atoms. The van der Waals surface area contributed by atoms with Crippen LogP contribution >= 0.6 is 0 Å². The first kappa shape index (κ1) is 14.3. The molecule has 17 heavy (non-hydrogen) atoms. The van der Waals surface area contributed by atoms with Crippen LogP contribution in [0.3, 0.4) is 0 Å². The number of hydrogen-bond acceptors (Lipinski definition) is 3. The first-order valence-corrected chi connectivity index (χ1v) is 8.78. The molecule has 0 saturated carbocycles. The molecule has 1 rings (SSSR count). The number of hydrogen-bond donors (Lipinski definition) is 1. The Bertz CT molecular complexity index is 338. The van der Waals surface area contributed by atoms with Gasteiger partial charge in [0.05, 0.1) is 13.2 Å². The Labute approximate surface area is 105 Å². The first-order valence-electron chi connectivity index (χ1n) is 5.87. The molecule has 0 amide bonds. The molecule has 0 radical (unpaired) electrons. The highest BCUT2D eigenvalue weighted by atomic mass is 28.4. The van der Waals surface area contributed by atoms with Crippen molar-refractivity contribution in [3.05, 3.63) is 31.1 Å². The summed E-state index contributed by atoms with van der Waals surface area (Å²) >= 11 is 0. The maximum Gasteiger partial charge on any atom is 0.219 e. The highest BCUT2D eigenvalue weighted by molar-refractivity contribution is 6.74. The second kappa shape index (κ2) is 4.88. The minimum atomic E-state index is -1.91. The van der Waals surface area contributed by atoms with E-state index in [1.807, 2.05) is 0 Å². The molecule has 0 aliphatic rings. The maximum atomic E-state index is 10.0. The Morgan fingerprint density at radius 3 is 2.41 bits per heavy atom. The first-order chi connectivity index (χ1) is 7.65. The molecule has 0 aromatic carbocycles. The molecule has 3 nitrogen and oxygen atoms in total. The van der Waals surface area contributed by atoms with Crippen LogP contribution in [0.2, 0.25) is 18.1 Å². The van der Waals surface area contributed by atoms with Gasteiger partial charge in [0.1, 0.15) is 5.76 Å². The Morgan fingerprint density at radius 1 is 1.41 bits per heavy atom. The van der Waals surface area contributed by atoms with Crippen molar-refractivity contribution < 1.29 is 13.9 Å². The van der Waals surface area contributed by atoms with Gasteiger partial charge in [-0.05, 0) is 30.3 Å². The molecule has 1 heterocycles. The zero-order chi connectivity index (χ0) is 13.3. The van der Waals surface area contributed by atoms with Gasteiger partial charge >= 0.3 is 0 Å². The summed E-state index contributed by atoms with van der Waals surface area (Å²) < 4.78 is 11.2. The van der Waals surface area contributed by atoms with E-state index >= 15 is 0 Å². The smallest absolute Gasteiger partial charge is 0.219 e. The van der Waals surface area contributed by atoms with Crippen LogP contribution in [-0.4, -0.2) is 19.5 Å². The topological polar surface area (TPSA) is 42.6 Å². The van der Waals surface area contributed by atoms with E-state index in [0.29, 0.717) is 5.76 Å². The van der Waals surface area contributed by atoms with E-state index in [4.69, 9.17) is 8.84 Å². The summed E-state index contributed by atoms with van der Waals surface area (Å²) in [7, 11) is -1.91. The average molecular weight is 255 g/mol. The molecule has 0 bridgehead atoms. The van der Waals surface area contributed by atoms with E-state index in [-0.39, 0.29) is 5.04 Å². The molecular weight excluding hydrogens is 232 g/mol. The fourth-order valence-corrected chi connectivity index (χ4v) is 2.50. The third kappa shape index (κ3) is 3.37. The van der Waals surface area contributed by atoms with E-state index < -0.39 is 20.5 Å². The van der Waals surface area contributed by atoms with Crippen LogP contribution < -0.4 is 0 Å². The minimum Gasteiger partial charge on any atom is -0.466 e. The lowest BCUT2D eigenvalue weighted by Crippen LogP contribution is -2.44. The van der Waals surface area contributed by atoms with Crippen LogP contribution in [0.5, 0.6) is 0 Å². The Kier molecular flexibility index (Phi) is 4.12. The van der Waals surface area contributed by atoms with Crippen molar-refractivity contribution in [2.45, 2.75) is 51.1 Å². The second-order valence-electron chi connectivity index (χ2n) is 5.88. The van der Waals surface area contributed by atoms with Gasteiger partial charge in [-0.3, -0.25) is 0 Å². The highest BCUT2D eigenvalue weighted by Gasteiger charge is 2.42. The van der Waals surface area contributed by atoms with Gasteiger partial charge in [-0.25, -0.2) is 0 Å². The van der Waals surface area contributed by atoms with Gasteiger partial charge in [-0.1, -0.05) is 20.8 Å². The summed E-state index contributed by atoms with van der Waals surface area (Å²) in [5.41, 5.74) is 0. The zero-order valence-corrected chi connectivity index (χ0v) is 12.4. The average Bonchev–Trinajstić information content (AvgIpc) is 2.66. The normalized spacial score (nSPS) is 16.8. The predicted molar refractivity (Wildman–Crippen MR) is 71.1 cm³/mol. The molecule has 2 atom stereocenters. The van der Waals surface area contributed by atoms with Gasteiger partial charge in [0.15, 0.2) is 14.4 Å². The summed E-state index contributed by atoms with van der Waals surface area (Å²) in [5, 5.41) is 10.2. The van der Waals surface area contributed by atoms with Crippen molar-refractivity contribution >= 4 is 8.32 Å². The third-order valence-corrected chi connectivity index (χ3v) is 7.94. The summed E-state index contributed by atoms with van der Waals surface area (Å²) in [6.07, 6.45) is 0.235. The fourth-order valence-electron chi connectivity index (χ4n) is 1.26. The molecule has 0 fully saturated rings. The van der Waals surface area contributed by atoms with E-state index in [2.05, 4.69) is 40.8 Å². The summed E-state index contributed by atoms with van der Waals surface area (Å²) in [4.78, 5) is 0. The van der Waals surface area contributed by atoms with Gasteiger partial charge in [0.25, 0.3) is 0 Å². The monoisotopic (exact) mass is 255 g/mol. The quantitative estimate of drug-likeness (QED) is 0.661. The van der Waals surface area contributed by atoms with Crippen LogP contribution in [0.1, 0.15) is 32.6 Å². The zero-order valence-electron chi connectivity index (χ0n) is 11.4. The minimum absolute atomic E-state index is 0.103. The molecule has 1 aromatic heterocycles. The van der Waals surface area contributed by atoms with Crippen LogP contribution in [0, 0.1) is 6.92 Å². The maximum absolute atomic E-state index is 10.0.